The molecule has 0 bridgehead atoms. The van der Waals surface area contributed by atoms with E-state index in [0.717, 1.165) is 13.8 Å². The Morgan fingerprint density at radius 3 is 2.26 bits per heavy atom. The summed E-state index contributed by atoms with van der Waals surface area (Å²) in [7, 11) is 0. The number of nitrogens with one attached hydrogen (secondary N) is 1. The van der Waals surface area contributed by atoms with Gasteiger partial charge in [-0.3, -0.25) is 19.2 Å². The van der Waals surface area contributed by atoms with E-state index in [1.807, 2.05) is 30.3 Å². The van der Waals surface area contributed by atoms with Gasteiger partial charge in [0.2, 0.25) is 18.2 Å². The minimum atomic E-state index is -1.41. The monoisotopic (exact) mass is 591 g/mol. The van der Waals surface area contributed by atoms with Gasteiger partial charge in [0.05, 0.1) is 12.6 Å². The molecule has 0 radical (unpaired) electrons. The number of terminal acetylenes is 1. The van der Waals surface area contributed by atoms with Gasteiger partial charge < -0.3 is 29.0 Å². The van der Waals surface area contributed by atoms with Crippen molar-refractivity contribution in [3.8, 4) is 35.2 Å². The van der Waals surface area contributed by atoms with Crippen LogP contribution >= 0.6 is 0 Å². The lowest BCUT2D eigenvalue weighted by Crippen LogP contribution is -2.62. The van der Waals surface area contributed by atoms with Crippen LogP contribution in [-0.4, -0.2) is 81.3 Å². The van der Waals surface area contributed by atoms with Crippen molar-refractivity contribution in [1.29, 1.82) is 0 Å². The Bertz CT molecular complexity index is 1530. The lowest BCUT2D eigenvalue weighted by Gasteiger charge is -2.43. The molecule has 4 rings (SSSR count). The molecule has 5 atom stereocenters. The van der Waals surface area contributed by atoms with E-state index in [0.29, 0.717) is 11.4 Å². The summed E-state index contributed by atoms with van der Waals surface area (Å²) in [6, 6.07) is 13.6. The molecule has 1 amide bonds. The summed E-state index contributed by atoms with van der Waals surface area (Å²) < 4.78 is 28.5. The third-order valence-electron chi connectivity index (χ3n) is 6.11. The number of rotatable bonds is 9. The molecule has 3 aromatic rings. The smallest absolute Gasteiger partial charge is 0.303 e. The molecule has 1 fully saturated rings. The van der Waals surface area contributed by atoms with Crippen LogP contribution in [0.2, 0.25) is 0 Å². The summed E-state index contributed by atoms with van der Waals surface area (Å²) in [6.07, 6.45) is -0.830. The Kier molecular flexibility index (Phi) is 9.68. The van der Waals surface area contributed by atoms with E-state index in [4.69, 9.17) is 30.1 Å². The molecule has 14 nitrogen and oxygen atoms in total. The number of esters is 3. The fourth-order valence-corrected chi connectivity index (χ4v) is 4.36. The van der Waals surface area contributed by atoms with Gasteiger partial charge in [-0.15, -0.1) is 21.4 Å². The van der Waals surface area contributed by atoms with E-state index in [9.17, 15) is 19.2 Å². The van der Waals surface area contributed by atoms with Gasteiger partial charge in [-0.05, 0) is 30.3 Å². The number of ether oxygens (including phenoxy) is 5. The average Bonchev–Trinajstić information content (AvgIpc) is 3.45. The second-order valence-corrected chi connectivity index (χ2v) is 9.39. The van der Waals surface area contributed by atoms with E-state index in [2.05, 4.69) is 26.6 Å². The molecule has 0 unspecified atom stereocenters. The van der Waals surface area contributed by atoms with Crippen molar-refractivity contribution in [2.75, 3.05) is 6.54 Å². The maximum Gasteiger partial charge on any atom is 0.303 e. The van der Waals surface area contributed by atoms with Gasteiger partial charge in [-0.1, -0.05) is 36.3 Å². The summed E-state index contributed by atoms with van der Waals surface area (Å²) in [4.78, 5) is 50.0. The fourth-order valence-electron chi connectivity index (χ4n) is 4.36. The molecule has 1 aliphatic rings. The van der Waals surface area contributed by atoms with Crippen LogP contribution in [0, 0.1) is 12.3 Å². The van der Waals surface area contributed by atoms with Gasteiger partial charge in [0.1, 0.15) is 5.69 Å². The minimum Gasteiger partial charge on any atom is -0.458 e. The van der Waals surface area contributed by atoms with Crippen LogP contribution in [0.1, 0.15) is 38.1 Å². The van der Waals surface area contributed by atoms with Crippen molar-refractivity contribution < 1.29 is 42.9 Å². The first-order valence-electron chi connectivity index (χ1n) is 13.1. The molecule has 43 heavy (non-hydrogen) atoms. The number of nitrogens with zero attached hydrogens (tertiary/aromatic N) is 4. The van der Waals surface area contributed by atoms with Crippen LogP contribution in [0.4, 0.5) is 0 Å². The normalized spacial score (nSPS) is 21.1. The Balaban J connectivity index is 1.77. The van der Waals surface area contributed by atoms with Gasteiger partial charge in [0.25, 0.3) is 5.91 Å². The predicted molar refractivity (Wildman–Crippen MR) is 147 cm³/mol. The van der Waals surface area contributed by atoms with Crippen LogP contribution < -0.4 is 10.1 Å². The molecule has 1 N–H and O–H groups in total. The third kappa shape index (κ3) is 7.52. The molecule has 2 aromatic carbocycles. The van der Waals surface area contributed by atoms with E-state index < -0.39 is 54.5 Å². The summed E-state index contributed by atoms with van der Waals surface area (Å²) in [5.41, 5.74) is 1.12. The van der Waals surface area contributed by atoms with E-state index in [-0.39, 0.29) is 23.5 Å². The first-order chi connectivity index (χ1) is 20.6. The number of aromatic nitrogens is 4. The zero-order chi connectivity index (χ0) is 31.1. The Labute approximate surface area is 246 Å². The Hall–Kier alpha value is -5.29. The third-order valence-corrected chi connectivity index (χ3v) is 6.11. The van der Waals surface area contributed by atoms with Crippen LogP contribution in [0.5, 0.6) is 5.75 Å². The van der Waals surface area contributed by atoms with E-state index in [1.165, 1.54) is 29.9 Å². The van der Waals surface area contributed by atoms with Gasteiger partial charge >= 0.3 is 17.9 Å². The number of amides is 1. The summed E-state index contributed by atoms with van der Waals surface area (Å²) in [6.45, 7) is 5.04. The highest BCUT2D eigenvalue weighted by atomic mass is 16.7. The zero-order valence-electron chi connectivity index (χ0n) is 23.8. The van der Waals surface area contributed by atoms with Gasteiger partial charge in [-0.2, -0.15) is 0 Å². The fraction of sp³-hybridized carbons (Fsp3) is 0.345. The van der Waals surface area contributed by atoms with E-state index >= 15 is 0 Å². The first kappa shape index (κ1) is 30.7. The van der Waals surface area contributed by atoms with Crippen molar-refractivity contribution in [3.05, 3.63) is 54.1 Å². The van der Waals surface area contributed by atoms with Crippen molar-refractivity contribution in [3.63, 3.8) is 0 Å². The van der Waals surface area contributed by atoms with Crippen LogP contribution in [0.15, 0.2) is 48.5 Å². The Morgan fingerprint density at radius 2 is 1.60 bits per heavy atom. The van der Waals surface area contributed by atoms with E-state index in [1.54, 1.807) is 6.92 Å². The molecule has 0 spiro atoms. The molecular formula is C29H29N5O9. The largest absolute Gasteiger partial charge is 0.458 e. The molecule has 0 saturated carbocycles. The maximum atomic E-state index is 12.7. The van der Waals surface area contributed by atoms with Crippen molar-refractivity contribution >= 4 is 23.8 Å². The minimum absolute atomic E-state index is 0.0127. The number of carbonyl (C=O) groups is 4. The lowest BCUT2D eigenvalue weighted by molar-refractivity contribution is -0.280. The summed E-state index contributed by atoms with van der Waals surface area (Å²) >= 11 is 0. The molecule has 0 aliphatic carbocycles. The number of hydrogen-bond donors (Lipinski definition) is 1. The van der Waals surface area contributed by atoms with Crippen molar-refractivity contribution in [2.24, 2.45) is 0 Å². The quantitative estimate of drug-likeness (QED) is 0.217. The van der Waals surface area contributed by atoms with Gasteiger partial charge in [-0.25, -0.2) is 0 Å². The first-order valence-corrected chi connectivity index (χ1v) is 13.1. The average molecular weight is 592 g/mol. The molecular weight excluding hydrogens is 562 g/mol. The van der Waals surface area contributed by atoms with Gasteiger partial charge in [0, 0.05) is 31.9 Å². The summed E-state index contributed by atoms with van der Waals surface area (Å²) in [5.74, 6) is 0.0417. The lowest BCUT2D eigenvalue weighted by atomic mass is 9.98. The van der Waals surface area contributed by atoms with Crippen molar-refractivity contribution in [1.82, 2.24) is 25.5 Å². The molecule has 1 saturated heterocycles. The maximum absolute atomic E-state index is 12.7. The molecule has 2 heterocycles. The highest BCUT2D eigenvalue weighted by Crippen LogP contribution is 2.33. The topological polar surface area (TPSA) is 170 Å². The zero-order valence-corrected chi connectivity index (χ0v) is 23.8. The molecule has 14 heteroatoms. The second kappa shape index (κ2) is 13.6. The number of carbonyl (C=O) groups excluding carboxylic acids is 4. The van der Waals surface area contributed by atoms with Gasteiger partial charge in [0.15, 0.2) is 18.0 Å². The SMILES string of the molecule is C#CCNC(=O)c1ccc(-n2nnc(-c3ccccc3)n2)c(O[C@@H]2O[C@@H](C)[C@@H](OC(C)=O)[C@@H](OC(C)=O)[C@@H]2OC(C)=O)c1. The standard InChI is InChI=1S/C29H29N5O9/c1-6-14-30-28(38)21-12-13-22(34-32-27(31-33-34)20-10-8-7-9-11-20)23(15-21)43-29-26(42-19(5)37)25(41-18(4)36)24(16(2)39-29)40-17(3)35/h1,7-13,15-16,24-26,29H,14H2,2-5H3,(H,30,38)/t16-,24+,25+,26-,29-/m0/s1. The number of tetrazole rings is 1. The highest BCUT2D eigenvalue weighted by Gasteiger charge is 2.51. The second-order valence-electron chi connectivity index (χ2n) is 9.39. The Morgan fingerprint density at radius 1 is 0.953 bits per heavy atom. The molecule has 1 aromatic heterocycles. The number of benzene rings is 2. The molecule has 224 valence electrons. The highest BCUT2D eigenvalue weighted by molar-refractivity contribution is 5.95. The van der Waals surface area contributed by atoms with Crippen LogP contribution in [-0.2, 0) is 33.3 Å². The van der Waals surface area contributed by atoms with Crippen molar-refractivity contribution in [2.45, 2.75) is 58.4 Å². The predicted octanol–water partition coefficient (Wildman–Crippen LogP) is 1.61. The van der Waals surface area contributed by atoms with Crippen LogP contribution in [0.3, 0.4) is 0 Å². The summed E-state index contributed by atoms with van der Waals surface area (Å²) in [5, 5.41) is 15.3. The van der Waals surface area contributed by atoms with Crippen LogP contribution in [0.25, 0.3) is 17.1 Å². The number of hydrogen-bond acceptors (Lipinski definition) is 12. The molecule has 1 aliphatic heterocycles.